The van der Waals surface area contributed by atoms with Gasteiger partial charge < -0.3 is 20.5 Å². The van der Waals surface area contributed by atoms with Crippen LogP contribution in [0.1, 0.15) is 5.56 Å². The number of halogens is 2. The number of rotatable bonds is 2. The lowest BCUT2D eigenvalue weighted by molar-refractivity contribution is -0.112. The van der Waals surface area contributed by atoms with Gasteiger partial charge in [0, 0.05) is 6.07 Å². The standard InChI is InChI=1S/C16H12Br2N2O3/c1-23-9-2-3-12-13(7-9)20-16(22)14(19-12)6-8-4-10(17)15(21)11(18)5-8/h2-7,19,21H,1H3,(H,20,22)/b14-6-. The Kier molecular flexibility index (Phi) is 4.32. The molecule has 1 aliphatic heterocycles. The molecule has 0 atom stereocenters. The molecule has 1 aliphatic rings. The van der Waals surface area contributed by atoms with Crippen molar-refractivity contribution >= 4 is 55.2 Å². The van der Waals surface area contributed by atoms with E-state index in [4.69, 9.17) is 4.74 Å². The van der Waals surface area contributed by atoms with Crippen LogP contribution in [0.5, 0.6) is 11.5 Å². The van der Waals surface area contributed by atoms with E-state index in [-0.39, 0.29) is 11.7 Å². The molecule has 0 radical (unpaired) electrons. The van der Waals surface area contributed by atoms with Crippen LogP contribution in [0.25, 0.3) is 6.08 Å². The fraction of sp³-hybridized carbons (Fsp3) is 0.0625. The maximum atomic E-state index is 12.2. The first-order valence-corrected chi connectivity index (χ1v) is 8.22. The quantitative estimate of drug-likeness (QED) is 0.609. The monoisotopic (exact) mass is 438 g/mol. The summed E-state index contributed by atoms with van der Waals surface area (Å²) in [6.45, 7) is 0. The number of nitrogens with one attached hydrogen (secondary N) is 2. The Morgan fingerprint density at radius 2 is 1.78 bits per heavy atom. The Bertz CT molecular complexity index is 811. The Morgan fingerprint density at radius 1 is 1.09 bits per heavy atom. The molecule has 5 nitrogen and oxygen atoms in total. The molecule has 23 heavy (non-hydrogen) atoms. The predicted octanol–water partition coefficient (Wildman–Crippen LogP) is 4.33. The average molecular weight is 440 g/mol. The fourth-order valence-corrected chi connectivity index (χ4v) is 3.41. The molecule has 0 fully saturated rings. The van der Waals surface area contributed by atoms with Gasteiger partial charge in [0.05, 0.1) is 27.4 Å². The molecule has 1 amide bonds. The number of benzene rings is 2. The van der Waals surface area contributed by atoms with Crippen molar-refractivity contribution in [1.29, 1.82) is 0 Å². The van der Waals surface area contributed by atoms with Gasteiger partial charge in [0.15, 0.2) is 0 Å². The van der Waals surface area contributed by atoms with Crippen LogP contribution in [-0.2, 0) is 4.79 Å². The third-order valence-corrected chi connectivity index (χ3v) is 4.55. The molecular formula is C16H12Br2N2O3. The summed E-state index contributed by atoms with van der Waals surface area (Å²) < 4.78 is 6.23. The number of aromatic hydroxyl groups is 1. The number of hydrogen-bond donors (Lipinski definition) is 3. The molecule has 118 valence electrons. The van der Waals surface area contributed by atoms with Crippen molar-refractivity contribution in [2.24, 2.45) is 0 Å². The van der Waals surface area contributed by atoms with E-state index in [9.17, 15) is 9.90 Å². The van der Waals surface area contributed by atoms with Gasteiger partial charge in [-0.2, -0.15) is 0 Å². The zero-order chi connectivity index (χ0) is 16.6. The van der Waals surface area contributed by atoms with Crippen molar-refractivity contribution in [3.05, 3.63) is 50.5 Å². The SMILES string of the molecule is COc1ccc2c(c1)NC(=O)/C(=C/c1cc(Br)c(O)c(Br)c1)N2. The Labute approximate surface area is 149 Å². The molecule has 7 heteroatoms. The average Bonchev–Trinajstić information content (AvgIpc) is 2.52. The van der Waals surface area contributed by atoms with E-state index in [1.807, 2.05) is 12.1 Å². The van der Waals surface area contributed by atoms with Crippen LogP contribution in [0.2, 0.25) is 0 Å². The highest BCUT2D eigenvalue weighted by Gasteiger charge is 2.20. The molecule has 0 saturated heterocycles. The summed E-state index contributed by atoms with van der Waals surface area (Å²) in [5.74, 6) is 0.543. The molecule has 0 aromatic heterocycles. The maximum absolute atomic E-state index is 12.2. The van der Waals surface area contributed by atoms with Crippen LogP contribution >= 0.6 is 31.9 Å². The largest absolute Gasteiger partial charge is 0.506 e. The summed E-state index contributed by atoms with van der Waals surface area (Å²) in [5.41, 5.74) is 2.62. The third-order valence-electron chi connectivity index (χ3n) is 3.34. The Balaban J connectivity index is 1.96. The van der Waals surface area contributed by atoms with Crippen molar-refractivity contribution in [1.82, 2.24) is 0 Å². The molecule has 3 N–H and O–H groups in total. The molecule has 3 rings (SSSR count). The van der Waals surface area contributed by atoms with Crippen LogP contribution in [0.15, 0.2) is 45.0 Å². The first kappa shape index (κ1) is 15.9. The van der Waals surface area contributed by atoms with Gasteiger partial charge in [-0.1, -0.05) is 0 Å². The molecule has 0 unspecified atom stereocenters. The number of phenols is 1. The lowest BCUT2D eigenvalue weighted by Crippen LogP contribution is -2.25. The van der Waals surface area contributed by atoms with Crippen molar-refractivity contribution in [2.75, 3.05) is 17.7 Å². The number of anilines is 2. The minimum atomic E-state index is -0.244. The number of amides is 1. The topological polar surface area (TPSA) is 70.6 Å². The van der Waals surface area contributed by atoms with Crippen LogP contribution < -0.4 is 15.4 Å². The van der Waals surface area contributed by atoms with E-state index in [0.29, 0.717) is 26.1 Å². The number of fused-ring (bicyclic) bond motifs is 1. The van der Waals surface area contributed by atoms with Gasteiger partial charge in [-0.3, -0.25) is 4.79 Å². The molecule has 0 aliphatic carbocycles. The summed E-state index contributed by atoms with van der Waals surface area (Å²) in [7, 11) is 1.58. The first-order chi connectivity index (χ1) is 11.0. The van der Waals surface area contributed by atoms with E-state index in [2.05, 4.69) is 42.5 Å². The molecule has 2 aromatic rings. The van der Waals surface area contributed by atoms with E-state index in [1.165, 1.54) is 0 Å². The smallest absolute Gasteiger partial charge is 0.272 e. The van der Waals surface area contributed by atoms with Gasteiger partial charge in [-0.05, 0) is 67.8 Å². The molecule has 2 aromatic carbocycles. The van der Waals surface area contributed by atoms with Gasteiger partial charge >= 0.3 is 0 Å². The van der Waals surface area contributed by atoms with Crippen molar-refractivity contribution < 1.29 is 14.6 Å². The first-order valence-electron chi connectivity index (χ1n) is 6.64. The minimum absolute atomic E-state index is 0.116. The van der Waals surface area contributed by atoms with Gasteiger partial charge in [-0.25, -0.2) is 0 Å². The lowest BCUT2D eigenvalue weighted by atomic mass is 10.1. The van der Waals surface area contributed by atoms with Crippen LogP contribution in [0, 0.1) is 0 Å². The van der Waals surface area contributed by atoms with Crippen molar-refractivity contribution in [3.63, 3.8) is 0 Å². The molecule has 0 saturated carbocycles. The zero-order valence-electron chi connectivity index (χ0n) is 12.0. The summed E-state index contributed by atoms with van der Waals surface area (Å²) in [6, 6.07) is 8.86. The normalized spacial score (nSPS) is 14.9. The van der Waals surface area contributed by atoms with Gasteiger partial charge in [0.1, 0.15) is 17.2 Å². The number of ether oxygens (including phenoxy) is 1. The second kappa shape index (κ2) is 6.25. The van der Waals surface area contributed by atoms with Crippen molar-refractivity contribution in [3.8, 4) is 11.5 Å². The molecule has 1 heterocycles. The fourth-order valence-electron chi connectivity index (χ4n) is 2.19. The highest BCUT2D eigenvalue weighted by molar-refractivity contribution is 9.11. The number of methoxy groups -OCH3 is 1. The second-order valence-corrected chi connectivity index (χ2v) is 6.59. The molecule has 0 bridgehead atoms. The summed E-state index contributed by atoms with van der Waals surface area (Å²) in [6.07, 6.45) is 1.71. The van der Waals surface area contributed by atoms with E-state index in [1.54, 1.807) is 31.4 Å². The zero-order valence-corrected chi connectivity index (χ0v) is 15.2. The second-order valence-electron chi connectivity index (χ2n) is 4.88. The summed E-state index contributed by atoms with van der Waals surface area (Å²) in [5, 5.41) is 15.7. The van der Waals surface area contributed by atoms with Gasteiger partial charge in [0.2, 0.25) is 0 Å². The van der Waals surface area contributed by atoms with Crippen LogP contribution in [-0.4, -0.2) is 18.1 Å². The maximum Gasteiger partial charge on any atom is 0.272 e. The van der Waals surface area contributed by atoms with Crippen molar-refractivity contribution in [2.45, 2.75) is 0 Å². The Hall–Kier alpha value is -1.99. The predicted molar refractivity (Wildman–Crippen MR) is 96.7 cm³/mol. The van der Waals surface area contributed by atoms with Gasteiger partial charge in [0.25, 0.3) is 5.91 Å². The summed E-state index contributed by atoms with van der Waals surface area (Å²) >= 11 is 6.55. The minimum Gasteiger partial charge on any atom is -0.506 e. The highest BCUT2D eigenvalue weighted by atomic mass is 79.9. The Morgan fingerprint density at radius 3 is 2.43 bits per heavy atom. The van der Waals surface area contributed by atoms with E-state index in [0.717, 1.165) is 11.3 Å². The van der Waals surface area contributed by atoms with E-state index >= 15 is 0 Å². The lowest BCUT2D eigenvalue weighted by Gasteiger charge is -2.21. The number of hydrogen-bond acceptors (Lipinski definition) is 4. The van der Waals surface area contributed by atoms with Crippen LogP contribution in [0.3, 0.4) is 0 Å². The van der Waals surface area contributed by atoms with Crippen LogP contribution in [0.4, 0.5) is 11.4 Å². The third kappa shape index (κ3) is 3.20. The number of phenolic OH excluding ortho intramolecular Hbond substituents is 1. The van der Waals surface area contributed by atoms with Gasteiger partial charge in [-0.15, -0.1) is 0 Å². The number of carbonyl (C=O) groups is 1. The summed E-state index contributed by atoms with van der Waals surface area (Å²) in [4.78, 5) is 12.2. The highest BCUT2D eigenvalue weighted by Crippen LogP contribution is 2.35. The molecular weight excluding hydrogens is 428 g/mol. The molecule has 0 spiro atoms. The van der Waals surface area contributed by atoms with E-state index < -0.39 is 0 Å². The number of carbonyl (C=O) groups excluding carboxylic acids is 1.